The molecule has 8 heteroatoms. The standard InChI is InChI=1S/C15H13ClN2O5/c1-9-3-5-14(15(17-9)18(20)21)23-8-12(19)10-4-6-13(22-2)11(16)7-10/h3-7H,8H2,1-2H3. The normalized spacial score (nSPS) is 10.2. The van der Waals surface area contributed by atoms with E-state index >= 15 is 0 Å². The van der Waals surface area contributed by atoms with Gasteiger partial charge in [-0.25, -0.2) is 0 Å². The van der Waals surface area contributed by atoms with Crippen molar-refractivity contribution in [1.29, 1.82) is 0 Å². The Hall–Kier alpha value is -2.67. The first-order valence-corrected chi connectivity index (χ1v) is 6.91. The number of halogens is 1. The molecule has 0 bridgehead atoms. The number of methoxy groups -OCH3 is 1. The fourth-order valence-electron chi connectivity index (χ4n) is 1.84. The number of aryl methyl sites for hydroxylation is 1. The molecule has 0 saturated heterocycles. The van der Waals surface area contributed by atoms with Gasteiger partial charge in [0.1, 0.15) is 11.4 Å². The van der Waals surface area contributed by atoms with E-state index in [2.05, 4.69) is 4.98 Å². The molecule has 0 aliphatic heterocycles. The van der Waals surface area contributed by atoms with Crippen molar-refractivity contribution in [2.24, 2.45) is 0 Å². The zero-order valence-corrected chi connectivity index (χ0v) is 13.2. The third kappa shape index (κ3) is 3.95. The van der Waals surface area contributed by atoms with Crippen molar-refractivity contribution in [2.75, 3.05) is 13.7 Å². The lowest BCUT2D eigenvalue weighted by Gasteiger charge is -2.07. The van der Waals surface area contributed by atoms with Crippen molar-refractivity contribution in [3.8, 4) is 11.5 Å². The Kier molecular flexibility index (Phi) is 5.13. The average Bonchev–Trinajstić information content (AvgIpc) is 2.53. The smallest absolute Gasteiger partial charge is 0.406 e. The number of aromatic nitrogens is 1. The number of pyridine rings is 1. The molecule has 0 radical (unpaired) electrons. The first kappa shape index (κ1) is 16.7. The molecule has 7 nitrogen and oxygen atoms in total. The van der Waals surface area contributed by atoms with Crippen molar-refractivity contribution in [3.63, 3.8) is 0 Å². The molecule has 0 spiro atoms. The molecular formula is C15H13ClN2O5. The van der Waals surface area contributed by atoms with Crippen molar-refractivity contribution in [2.45, 2.75) is 6.92 Å². The van der Waals surface area contributed by atoms with E-state index < -0.39 is 10.7 Å². The number of nitro groups is 1. The molecule has 0 unspecified atom stereocenters. The van der Waals surface area contributed by atoms with Crippen molar-refractivity contribution in [1.82, 2.24) is 4.98 Å². The highest BCUT2D eigenvalue weighted by Crippen LogP contribution is 2.26. The Bertz CT molecular complexity index is 764. The molecule has 1 aromatic carbocycles. The summed E-state index contributed by atoms with van der Waals surface area (Å²) in [7, 11) is 1.47. The maximum Gasteiger partial charge on any atom is 0.406 e. The molecule has 1 heterocycles. The van der Waals surface area contributed by atoms with Crippen LogP contribution in [0, 0.1) is 17.0 Å². The fourth-order valence-corrected chi connectivity index (χ4v) is 2.10. The predicted molar refractivity (Wildman–Crippen MR) is 83.5 cm³/mol. The Balaban J connectivity index is 2.13. The summed E-state index contributed by atoms with van der Waals surface area (Å²) >= 11 is 5.96. The summed E-state index contributed by atoms with van der Waals surface area (Å²) < 4.78 is 10.2. The van der Waals surface area contributed by atoms with Crippen LogP contribution in [0.25, 0.3) is 0 Å². The second-order valence-corrected chi connectivity index (χ2v) is 5.00. The van der Waals surface area contributed by atoms with Gasteiger partial charge in [0.25, 0.3) is 0 Å². The summed E-state index contributed by atoms with van der Waals surface area (Å²) in [6, 6.07) is 7.53. The van der Waals surface area contributed by atoms with Gasteiger partial charge in [-0.3, -0.25) is 4.79 Å². The van der Waals surface area contributed by atoms with Gasteiger partial charge in [0.05, 0.1) is 12.1 Å². The highest BCUT2D eigenvalue weighted by Gasteiger charge is 2.19. The van der Waals surface area contributed by atoms with Crippen LogP contribution in [0.15, 0.2) is 30.3 Å². The number of nitrogens with zero attached hydrogens (tertiary/aromatic N) is 2. The zero-order valence-electron chi connectivity index (χ0n) is 12.4. The molecule has 1 aromatic heterocycles. The van der Waals surface area contributed by atoms with E-state index in [1.54, 1.807) is 19.1 Å². The molecule has 0 atom stereocenters. The molecule has 120 valence electrons. The molecule has 0 aliphatic carbocycles. The minimum Gasteiger partial charge on any atom is -0.495 e. The summed E-state index contributed by atoms with van der Waals surface area (Å²) in [6.07, 6.45) is 0. The number of rotatable bonds is 6. The second kappa shape index (κ2) is 7.06. The summed E-state index contributed by atoms with van der Waals surface area (Å²) in [5.74, 6) is -0.411. The minimum absolute atomic E-state index is 0.0615. The average molecular weight is 337 g/mol. The van der Waals surface area contributed by atoms with Crippen LogP contribution in [0.5, 0.6) is 11.5 Å². The van der Waals surface area contributed by atoms with Gasteiger partial charge in [-0.2, -0.15) is 0 Å². The number of hydrogen-bond acceptors (Lipinski definition) is 6. The molecule has 0 N–H and O–H groups in total. The van der Waals surface area contributed by atoms with Gasteiger partial charge in [-0.1, -0.05) is 11.6 Å². The molecule has 2 rings (SSSR count). The van der Waals surface area contributed by atoms with Gasteiger partial charge < -0.3 is 19.6 Å². The number of ketones is 1. The van der Waals surface area contributed by atoms with E-state index in [4.69, 9.17) is 21.1 Å². The third-order valence-corrected chi connectivity index (χ3v) is 3.28. The Morgan fingerprint density at radius 1 is 1.30 bits per heavy atom. The summed E-state index contributed by atoms with van der Waals surface area (Å²) in [5.41, 5.74) is 0.802. The van der Waals surface area contributed by atoms with E-state index in [1.807, 2.05) is 0 Å². The predicted octanol–water partition coefficient (Wildman–Crippen LogP) is 3.22. The number of ether oxygens (including phenoxy) is 2. The molecule has 0 fully saturated rings. The van der Waals surface area contributed by atoms with E-state index in [-0.39, 0.29) is 18.1 Å². The van der Waals surface area contributed by atoms with Crippen LogP contribution in [0.1, 0.15) is 16.1 Å². The Morgan fingerprint density at radius 2 is 2.00 bits per heavy atom. The molecule has 2 aromatic rings. The maximum absolute atomic E-state index is 12.1. The molecule has 23 heavy (non-hydrogen) atoms. The van der Waals surface area contributed by atoms with E-state index in [0.29, 0.717) is 22.0 Å². The zero-order chi connectivity index (χ0) is 17.0. The molecule has 0 saturated carbocycles. The monoisotopic (exact) mass is 336 g/mol. The van der Waals surface area contributed by atoms with Crippen LogP contribution in [0.4, 0.5) is 5.82 Å². The van der Waals surface area contributed by atoms with E-state index in [1.165, 1.54) is 25.3 Å². The molecular weight excluding hydrogens is 324 g/mol. The lowest BCUT2D eigenvalue weighted by Crippen LogP contribution is -2.13. The number of Topliss-reactive ketones (excluding diaryl/α,β-unsaturated/α-hetero) is 1. The fraction of sp³-hybridized carbons (Fsp3) is 0.200. The Labute approximate surface area is 137 Å². The summed E-state index contributed by atoms with van der Waals surface area (Å²) in [6.45, 7) is 1.26. The van der Waals surface area contributed by atoms with Gasteiger partial charge >= 0.3 is 5.82 Å². The SMILES string of the molecule is COc1ccc(C(=O)COc2ccc(C)nc2[N+](=O)[O-])cc1Cl. The number of benzene rings is 1. The topological polar surface area (TPSA) is 91.6 Å². The first-order chi connectivity index (χ1) is 10.9. The minimum atomic E-state index is -0.656. The van der Waals surface area contributed by atoms with Crippen molar-refractivity contribution < 1.29 is 19.2 Å². The quantitative estimate of drug-likeness (QED) is 0.457. The van der Waals surface area contributed by atoms with Crippen molar-refractivity contribution in [3.05, 3.63) is 56.7 Å². The van der Waals surface area contributed by atoms with E-state index in [0.717, 1.165) is 0 Å². The molecule has 0 aliphatic rings. The first-order valence-electron chi connectivity index (χ1n) is 6.54. The van der Waals surface area contributed by atoms with Gasteiger partial charge in [0.15, 0.2) is 12.4 Å². The highest BCUT2D eigenvalue weighted by molar-refractivity contribution is 6.32. The van der Waals surface area contributed by atoms with Crippen LogP contribution in [-0.4, -0.2) is 29.4 Å². The molecule has 0 amide bonds. The number of carbonyl (C=O) groups is 1. The van der Waals surface area contributed by atoms with Gasteiger partial charge in [-0.05, 0) is 40.2 Å². The summed E-state index contributed by atoms with van der Waals surface area (Å²) in [4.78, 5) is 26.2. The van der Waals surface area contributed by atoms with Crippen LogP contribution < -0.4 is 9.47 Å². The Morgan fingerprint density at radius 3 is 2.61 bits per heavy atom. The van der Waals surface area contributed by atoms with E-state index in [9.17, 15) is 14.9 Å². The second-order valence-electron chi connectivity index (χ2n) is 4.59. The largest absolute Gasteiger partial charge is 0.495 e. The number of carbonyl (C=O) groups excluding carboxylic acids is 1. The summed E-state index contributed by atoms with van der Waals surface area (Å²) in [5, 5.41) is 11.2. The van der Waals surface area contributed by atoms with Crippen molar-refractivity contribution >= 4 is 23.2 Å². The maximum atomic E-state index is 12.1. The third-order valence-electron chi connectivity index (χ3n) is 2.98. The van der Waals surface area contributed by atoms with Gasteiger partial charge in [0.2, 0.25) is 5.75 Å². The lowest BCUT2D eigenvalue weighted by atomic mass is 10.1. The van der Waals surface area contributed by atoms with Crippen LogP contribution in [0.3, 0.4) is 0 Å². The van der Waals surface area contributed by atoms with Gasteiger partial charge in [0, 0.05) is 12.5 Å². The van der Waals surface area contributed by atoms with Crippen LogP contribution in [0.2, 0.25) is 5.02 Å². The van der Waals surface area contributed by atoms with Gasteiger partial charge in [-0.15, -0.1) is 0 Å². The van der Waals surface area contributed by atoms with Crippen LogP contribution >= 0.6 is 11.6 Å². The highest BCUT2D eigenvalue weighted by atomic mass is 35.5. The lowest BCUT2D eigenvalue weighted by molar-refractivity contribution is -0.390. The number of hydrogen-bond donors (Lipinski definition) is 0. The van der Waals surface area contributed by atoms with Crippen LogP contribution in [-0.2, 0) is 0 Å².